The first kappa shape index (κ1) is 16.8. The fourth-order valence-corrected chi connectivity index (χ4v) is 2.75. The van der Waals surface area contributed by atoms with E-state index in [0.717, 1.165) is 11.1 Å². The van der Waals surface area contributed by atoms with Crippen LogP contribution in [0.2, 0.25) is 0 Å². The van der Waals surface area contributed by atoms with Crippen LogP contribution in [0.15, 0.2) is 47.2 Å². The van der Waals surface area contributed by atoms with Crippen molar-refractivity contribution in [3.8, 4) is 17.2 Å². The number of rotatable bonds is 4. The molecular formula is C19H17N5O3. The van der Waals surface area contributed by atoms with Crippen LogP contribution in [-0.2, 0) is 0 Å². The molecule has 0 bridgehead atoms. The molecule has 0 saturated heterocycles. The molecule has 4 aromatic rings. The molecule has 1 N–H and O–H groups in total. The summed E-state index contributed by atoms with van der Waals surface area (Å²) in [6.45, 7) is 3.67. The molecule has 0 saturated carbocycles. The van der Waals surface area contributed by atoms with E-state index in [0.29, 0.717) is 34.5 Å². The molecule has 3 aromatic heterocycles. The number of hydrogen-bond donors (Lipinski definition) is 1. The highest BCUT2D eigenvalue weighted by Crippen LogP contribution is 2.25. The largest absolute Gasteiger partial charge is 0.497 e. The highest BCUT2D eigenvalue weighted by molar-refractivity contribution is 6.04. The van der Waals surface area contributed by atoms with E-state index in [4.69, 9.17) is 9.26 Å². The van der Waals surface area contributed by atoms with Crippen LogP contribution in [0, 0.1) is 13.8 Å². The van der Waals surface area contributed by atoms with Gasteiger partial charge in [-0.15, -0.1) is 0 Å². The fraction of sp³-hybridized carbons (Fsp3) is 0.158. The zero-order valence-electron chi connectivity index (χ0n) is 15.1. The number of carbonyl (C=O) groups is 1. The number of methoxy groups -OCH3 is 1. The molecule has 3 heterocycles. The monoisotopic (exact) mass is 363 g/mol. The molecule has 1 amide bonds. The highest BCUT2D eigenvalue weighted by Gasteiger charge is 2.15. The number of aryl methyl sites for hydroxylation is 2. The van der Waals surface area contributed by atoms with Gasteiger partial charge in [-0.05, 0) is 37.6 Å². The van der Waals surface area contributed by atoms with Crippen molar-refractivity contribution < 1.29 is 14.1 Å². The number of nitrogens with one attached hydrogen (secondary N) is 1. The third-order valence-electron chi connectivity index (χ3n) is 4.21. The first-order chi connectivity index (χ1) is 13.0. The Morgan fingerprint density at radius 1 is 1.22 bits per heavy atom. The molecule has 0 radical (unpaired) electrons. The Morgan fingerprint density at radius 2 is 2.07 bits per heavy atom. The van der Waals surface area contributed by atoms with Gasteiger partial charge in [0.1, 0.15) is 17.1 Å². The predicted molar refractivity (Wildman–Crippen MR) is 98.9 cm³/mol. The number of anilines is 1. The molecule has 0 fully saturated rings. The number of fused-ring (bicyclic) bond motifs is 1. The van der Waals surface area contributed by atoms with Crippen LogP contribution in [0.1, 0.15) is 21.9 Å². The summed E-state index contributed by atoms with van der Waals surface area (Å²) in [5.74, 6) is 1.37. The van der Waals surface area contributed by atoms with Gasteiger partial charge in [0.25, 0.3) is 11.8 Å². The Labute approximate surface area is 154 Å². The molecule has 0 aliphatic carbocycles. The number of nitrogens with zero attached hydrogens (tertiary/aromatic N) is 4. The van der Waals surface area contributed by atoms with E-state index in [9.17, 15) is 4.79 Å². The summed E-state index contributed by atoms with van der Waals surface area (Å²) in [7, 11) is 1.59. The molecule has 27 heavy (non-hydrogen) atoms. The van der Waals surface area contributed by atoms with Crippen LogP contribution < -0.4 is 10.1 Å². The molecule has 1 aromatic carbocycles. The second kappa shape index (κ2) is 6.56. The smallest absolute Gasteiger partial charge is 0.274 e. The van der Waals surface area contributed by atoms with Gasteiger partial charge in [-0.25, -0.2) is 4.98 Å². The van der Waals surface area contributed by atoms with Crippen molar-refractivity contribution in [2.75, 3.05) is 12.4 Å². The molecule has 0 aliphatic heterocycles. The number of benzene rings is 1. The van der Waals surface area contributed by atoms with Crippen LogP contribution in [0.4, 0.5) is 5.69 Å². The average molecular weight is 363 g/mol. The van der Waals surface area contributed by atoms with E-state index >= 15 is 0 Å². The molecule has 4 rings (SSSR count). The van der Waals surface area contributed by atoms with Gasteiger partial charge in [0.15, 0.2) is 5.82 Å². The summed E-state index contributed by atoms with van der Waals surface area (Å²) >= 11 is 0. The van der Waals surface area contributed by atoms with Crippen molar-refractivity contribution in [1.29, 1.82) is 0 Å². The minimum absolute atomic E-state index is 0.269. The van der Waals surface area contributed by atoms with E-state index in [2.05, 4.69) is 20.4 Å². The molecular weight excluding hydrogens is 346 g/mol. The van der Waals surface area contributed by atoms with Gasteiger partial charge in [0, 0.05) is 23.5 Å². The zero-order valence-corrected chi connectivity index (χ0v) is 15.1. The van der Waals surface area contributed by atoms with Gasteiger partial charge in [0.2, 0.25) is 0 Å². The molecule has 0 spiro atoms. The van der Waals surface area contributed by atoms with Gasteiger partial charge in [-0.3, -0.25) is 9.20 Å². The lowest BCUT2D eigenvalue weighted by Gasteiger charge is -2.09. The molecule has 8 heteroatoms. The number of aromatic nitrogens is 4. The zero-order chi connectivity index (χ0) is 19.0. The van der Waals surface area contributed by atoms with Crippen molar-refractivity contribution in [2.45, 2.75) is 13.8 Å². The maximum atomic E-state index is 12.8. The molecule has 136 valence electrons. The number of amides is 1. The lowest BCUT2D eigenvalue weighted by molar-refractivity contribution is 0.102. The number of ether oxygens (including phenoxy) is 1. The SMILES string of the molecule is COc1ccn2c(C(=O)Nc3cc(-c4nc(C)no4)ccc3C)cnc2c1. The van der Waals surface area contributed by atoms with Crippen molar-refractivity contribution in [3.63, 3.8) is 0 Å². The van der Waals surface area contributed by atoms with Crippen LogP contribution in [0.25, 0.3) is 17.1 Å². The van der Waals surface area contributed by atoms with E-state index in [1.807, 2.05) is 25.1 Å². The Hall–Kier alpha value is -3.68. The van der Waals surface area contributed by atoms with Gasteiger partial charge >= 0.3 is 0 Å². The van der Waals surface area contributed by atoms with Gasteiger partial charge in [-0.1, -0.05) is 11.2 Å². The van der Waals surface area contributed by atoms with Crippen molar-refractivity contribution in [2.24, 2.45) is 0 Å². The van der Waals surface area contributed by atoms with E-state index in [1.54, 1.807) is 36.8 Å². The minimum Gasteiger partial charge on any atom is -0.497 e. The van der Waals surface area contributed by atoms with Crippen molar-refractivity contribution >= 4 is 17.2 Å². The Morgan fingerprint density at radius 3 is 2.81 bits per heavy atom. The standard InChI is InChI=1S/C19H17N5O3/c1-11-4-5-13(19-21-12(2)23-27-19)8-15(11)22-18(25)16-10-20-17-9-14(26-3)6-7-24(16)17/h4-10H,1-3H3,(H,22,25). The van der Waals surface area contributed by atoms with Crippen molar-refractivity contribution in [3.05, 3.63) is 59.8 Å². The summed E-state index contributed by atoms with van der Waals surface area (Å²) in [4.78, 5) is 21.3. The lowest BCUT2D eigenvalue weighted by Crippen LogP contribution is -2.15. The second-order valence-electron chi connectivity index (χ2n) is 6.07. The summed E-state index contributed by atoms with van der Waals surface area (Å²) in [5, 5.41) is 6.73. The minimum atomic E-state index is -0.269. The van der Waals surface area contributed by atoms with Gasteiger partial charge in [-0.2, -0.15) is 4.98 Å². The third-order valence-corrected chi connectivity index (χ3v) is 4.21. The highest BCUT2D eigenvalue weighted by atomic mass is 16.5. The maximum Gasteiger partial charge on any atom is 0.274 e. The average Bonchev–Trinajstić information content (AvgIpc) is 3.29. The van der Waals surface area contributed by atoms with Crippen molar-refractivity contribution in [1.82, 2.24) is 19.5 Å². The lowest BCUT2D eigenvalue weighted by atomic mass is 10.1. The Bertz CT molecular complexity index is 1150. The van der Waals surface area contributed by atoms with E-state index < -0.39 is 0 Å². The summed E-state index contributed by atoms with van der Waals surface area (Å²) in [6, 6.07) is 9.12. The molecule has 8 nitrogen and oxygen atoms in total. The van der Waals surface area contributed by atoms with Gasteiger partial charge in [0.05, 0.1) is 13.3 Å². The maximum absolute atomic E-state index is 12.8. The summed E-state index contributed by atoms with van der Waals surface area (Å²) < 4.78 is 12.1. The number of imidazole rings is 1. The molecule has 0 unspecified atom stereocenters. The topological polar surface area (TPSA) is 94.6 Å². The van der Waals surface area contributed by atoms with E-state index in [-0.39, 0.29) is 5.91 Å². The number of carbonyl (C=O) groups excluding carboxylic acids is 1. The van der Waals surface area contributed by atoms with Crippen LogP contribution >= 0.6 is 0 Å². The number of pyridine rings is 1. The first-order valence-electron chi connectivity index (χ1n) is 8.29. The number of hydrogen-bond acceptors (Lipinski definition) is 6. The van der Waals surface area contributed by atoms with Crippen LogP contribution in [0.5, 0.6) is 5.75 Å². The first-order valence-corrected chi connectivity index (χ1v) is 8.29. The third kappa shape index (κ3) is 3.12. The summed E-state index contributed by atoms with van der Waals surface area (Å²) in [5.41, 5.74) is 3.37. The van der Waals surface area contributed by atoms with Crippen LogP contribution in [0.3, 0.4) is 0 Å². The quantitative estimate of drug-likeness (QED) is 0.598. The molecule has 0 aliphatic rings. The van der Waals surface area contributed by atoms with E-state index in [1.165, 1.54) is 6.20 Å². The predicted octanol–water partition coefficient (Wildman–Crippen LogP) is 3.26. The summed E-state index contributed by atoms with van der Waals surface area (Å²) in [6.07, 6.45) is 3.28. The Kier molecular flexibility index (Phi) is 4.08. The van der Waals surface area contributed by atoms with Crippen LogP contribution in [-0.4, -0.2) is 32.5 Å². The normalized spacial score (nSPS) is 10.9. The second-order valence-corrected chi connectivity index (χ2v) is 6.07. The molecule has 0 atom stereocenters. The Balaban J connectivity index is 1.65. The van der Waals surface area contributed by atoms with Gasteiger partial charge < -0.3 is 14.6 Å². The fourth-order valence-electron chi connectivity index (χ4n) is 2.75.